The number of hydrogen-bond acceptors (Lipinski definition) is 5. The van der Waals surface area contributed by atoms with Crippen molar-refractivity contribution in [1.29, 1.82) is 5.26 Å². The van der Waals surface area contributed by atoms with E-state index in [1.165, 1.54) is 0 Å². The van der Waals surface area contributed by atoms with Crippen molar-refractivity contribution in [2.75, 3.05) is 13.2 Å². The predicted octanol–water partition coefficient (Wildman–Crippen LogP) is 5.61. The maximum Gasteiger partial charge on any atom is 0.339 e. The number of carbonyl (C=O) groups is 1. The molecule has 0 aliphatic carbocycles. The summed E-state index contributed by atoms with van der Waals surface area (Å²) in [6, 6.07) is 30.8. The monoisotopic (exact) mass is 463 g/mol. The number of nitrogens with zero attached hydrogens (tertiary/aromatic N) is 3. The van der Waals surface area contributed by atoms with Crippen molar-refractivity contribution < 1.29 is 14.3 Å². The van der Waals surface area contributed by atoms with Gasteiger partial charge in [0.15, 0.2) is 6.61 Å². The van der Waals surface area contributed by atoms with Crippen LogP contribution in [-0.4, -0.2) is 29.0 Å². The van der Waals surface area contributed by atoms with Gasteiger partial charge in [0, 0.05) is 5.57 Å². The fourth-order valence-electron chi connectivity index (χ4n) is 3.97. The number of ether oxygens (including phenoxy) is 2. The van der Waals surface area contributed by atoms with E-state index in [0.29, 0.717) is 28.3 Å². The minimum absolute atomic E-state index is 0.201. The lowest BCUT2D eigenvalue weighted by molar-refractivity contribution is -0.136. The largest absolute Gasteiger partial charge is 0.462 e. The zero-order chi connectivity index (χ0) is 24.6. The highest BCUT2D eigenvalue weighted by molar-refractivity contribution is 6.27. The normalized spacial score (nSPS) is 10.3. The number of para-hydroxylation sites is 1. The fraction of sp³-hybridized carbons (Fsp3) is 0.138. The molecule has 4 aromatic rings. The Bertz CT molecular complexity index is 1330. The van der Waals surface area contributed by atoms with Crippen LogP contribution >= 0.6 is 0 Å². The molecule has 174 valence electrons. The van der Waals surface area contributed by atoms with E-state index < -0.39 is 5.97 Å². The van der Waals surface area contributed by atoms with Crippen molar-refractivity contribution in [3.63, 3.8) is 0 Å². The third kappa shape index (κ3) is 4.99. The van der Waals surface area contributed by atoms with Crippen LogP contribution < -0.4 is 4.74 Å². The van der Waals surface area contributed by atoms with Gasteiger partial charge in [-0.05, 0) is 37.1 Å². The fourth-order valence-corrected chi connectivity index (χ4v) is 3.97. The molecule has 0 amide bonds. The molecule has 0 aliphatic rings. The number of esters is 1. The third-order valence-corrected chi connectivity index (χ3v) is 5.40. The molecule has 0 atom stereocenters. The van der Waals surface area contributed by atoms with Crippen molar-refractivity contribution in [3.05, 3.63) is 113 Å². The first kappa shape index (κ1) is 23.5. The second kappa shape index (κ2) is 11.0. The summed E-state index contributed by atoms with van der Waals surface area (Å²) in [5.74, 6) is -0.185. The van der Waals surface area contributed by atoms with Crippen LogP contribution in [0.4, 0.5) is 0 Å². The number of aryl methyl sites for hydroxylation is 1. The zero-order valence-corrected chi connectivity index (χ0v) is 19.6. The number of carbonyl (C=O) groups excluding carboxylic acids is 1. The first-order valence-corrected chi connectivity index (χ1v) is 11.3. The lowest BCUT2D eigenvalue weighted by atomic mass is 9.89. The minimum atomic E-state index is -0.493. The Balaban J connectivity index is 2.10. The quantitative estimate of drug-likeness (QED) is 0.251. The van der Waals surface area contributed by atoms with Crippen molar-refractivity contribution in [3.8, 4) is 17.6 Å². The number of rotatable bonds is 8. The van der Waals surface area contributed by atoms with Gasteiger partial charge < -0.3 is 9.47 Å². The van der Waals surface area contributed by atoms with Crippen LogP contribution in [0.5, 0.6) is 5.88 Å². The van der Waals surface area contributed by atoms with Gasteiger partial charge in [0.05, 0.1) is 29.1 Å². The van der Waals surface area contributed by atoms with E-state index in [0.717, 1.165) is 16.8 Å². The van der Waals surface area contributed by atoms with Crippen molar-refractivity contribution in [2.24, 2.45) is 0 Å². The Morgan fingerprint density at radius 2 is 1.46 bits per heavy atom. The summed E-state index contributed by atoms with van der Waals surface area (Å²) in [7, 11) is 0. The number of nitriles is 1. The SMILES string of the molecule is CCOC(=O)C(=C(c1ccccc1)c1ccccc1)c1c(C)nn(-c2ccccc2)c1OCC#N. The van der Waals surface area contributed by atoms with Gasteiger partial charge in [0.25, 0.3) is 0 Å². The van der Waals surface area contributed by atoms with Crippen LogP contribution in [0.2, 0.25) is 0 Å². The maximum absolute atomic E-state index is 13.6. The third-order valence-electron chi connectivity index (χ3n) is 5.40. The molecule has 3 aromatic carbocycles. The molecular formula is C29H25N3O3. The summed E-state index contributed by atoms with van der Waals surface area (Å²) in [6.07, 6.45) is 0. The minimum Gasteiger partial charge on any atom is -0.462 e. The van der Waals surface area contributed by atoms with Crippen LogP contribution in [0.15, 0.2) is 91.0 Å². The molecule has 4 rings (SSSR count). The zero-order valence-electron chi connectivity index (χ0n) is 19.6. The summed E-state index contributed by atoms with van der Waals surface area (Å²) in [6.45, 7) is 3.60. The van der Waals surface area contributed by atoms with Gasteiger partial charge in [-0.3, -0.25) is 0 Å². The highest BCUT2D eigenvalue weighted by Crippen LogP contribution is 2.39. The molecule has 1 aromatic heterocycles. The first-order chi connectivity index (χ1) is 17.2. The summed E-state index contributed by atoms with van der Waals surface area (Å²) in [4.78, 5) is 13.6. The van der Waals surface area contributed by atoms with Crippen LogP contribution in [0.1, 0.15) is 29.3 Å². The van der Waals surface area contributed by atoms with Crippen LogP contribution in [0.3, 0.4) is 0 Å². The predicted molar refractivity (Wildman–Crippen MR) is 135 cm³/mol. The Morgan fingerprint density at radius 1 is 0.914 bits per heavy atom. The molecule has 0 fully saturated rings. The maximum atomic E-state index is 13.6. The summed E-state index contributed by atoms with van der Waals surface area (Å²) >= 11 is 0. The van der Waals surface area contributed by atoms with Gasteiger partial charge in [-0.2, -0.15) is 10.4 Å². The molecule has 0 radical (unpaired) electrons. The van der Waals surface area contributed by atoms with Crippen LogP contribution in [0, 0.1) is 18.3 Å². The molecule has 0 aliphatic heterocycles. The first-order valence-electron chi connectivity index (χ1n) is 11.3. The van der Waals surface area contributed by atoms with E-state index in [1.54, 1.807) is 11.6 Å². The molecule has 0 N–H and O–H groups in total. The topological polar surface area (TPSA) is 77.1 Å². The highest BCUT2D eigenvalue weighted by atomic mass is 16.5. The van der Waals surface area contributed by atoms with Gasteiger partial charge in [-0.15, -0.1) is 0 Å². The highest BCUT2D eigenvalue weighted by Gasteiger charge is 2.30. The molecule has 6 nitrogen and oxygen atoms in total. The van der Waals surface area contributed by atoms with Crippen LogP contribution in [-0.2, 0) is 9.53 Å². The van der Waals surface area contributed by atoms with E-state index in [4.69, 9.17) is 14.6 Å². The lowest BCUT2D eigenvalue weighted by Gasteiger charge is -2.17. The van der Waals surface area contributed by atoms with E-state index in [9.17, 15) is 10.1 Å². The van der Waals surface area contributed by atoms with E-state index in [2.05, 4.69) is 0 Å². The van der Waals surface area contributed by atoms with E-state index >= 15 is 0 Å². The number of aromatic nitrogens is 2. The van der Waals surface area contributed by atoms with Gasteiger partial charge in [0.2, 0.25) is 5.88 Å². The second-order valence-electron chi connectivity index (χ2n) is 7.66. The lowest BCUT2D eigenvalue weighted by Crippen LogP contribution is -2.12. The van der Waals surface area contributed by atoms with Crippen molar-refractivity contribution >= 4 is 17.1 Å². The molecule has 0 saturated heterocycles. The van der Waals surface area contributed by atoms with Crippen molar-refractivity contribution in [1.82, 2.24) is 9.78 Å². The second-order valence-corrected chi connectivity index (χ2v) is 7.66. The van der Waals surface area contributed by atoms with Gasteiger partial charge in [-0.1, -0.05) is 78.9 Å². The smallest absolute Gasteiger partial charge is 0.339 e. The average Bonchev–Trinajstić information content (AvgIpc) is 3.22. The molecular weight excluding hydrogens is 438 g/mol. The van der Waals surface area contributed by atoms with Gasteiger partial charge in [-0.25, -0.2) is 9.48 Å². The van der Waals surface area contributed by atoms with E-state index in [1.807, 2.05) is 104 Å². The van der Waals surface area contributed by atoms with Crippen LogP contribution in [0.25, 0.3) is 16.8 Å². The van der Waals surface area contributed by atoms with Gasteiger partial charge >= 0.3 is 5.97 Å². The number of hydrogen-bond donors (Lipinski definition) is 0. The Morgan fingerprint density at radius 3 is 1.97 bits per heavy atom. The summed E-state index contributed by atoms with van der Waals surface area (Å²) in [5, 5.41) is 14.0. The molecule has 0 saturated carbocycles. The molecule has 0 spiro atoms. The summed E-state index contributed by atoms with van der Waals surface area (Å²) in [5.41, 5.74) is 4.54. The molecule has 0 unspecified atom stereocenters. The average molecular weight is 464 g/mol. The molecule has 6 heteroatoms. The number of benzene rings is 3. The molecule has 35 heavy (non-hydrogen) atoms. The Kier molecular flexibility index (Phi) is 7.39. The van der Waals surface area contributed by atoms with E-state index in [-0.39, 0.29) is 13.2 Å². The molecule has 0 bridgehead atoms. The van der Waals surface area contributed by atoms with Crippen molar-refractivity contribution in [2.45, 2.75) is 13.8 Å². The summed E-state index contributed by atoms with van der Waals surface area (Å²) < 4.78 is 13.1. The standard InChI is InChI=1S/C29H25N3O3/c1-3-34-29(33)27(26(22-13-7-4-8-14-22)23-15-9-5-10-16-23)25-21(2)31-32(28(25)35-20-19-30)24-17-11-6-12-18-24/h4-18H,3,20H2,1-2H3. The molecule has 1 heterocycles. The Hall–Kier alpha value is -4.63. The Labute approximate surface area is 204 Å². The van der Waals surface area contributed by atoms with Gasteiger partial charge in [0.1, 0.15) is 6.07 Å².